The molecule has 33 heavy (non-hydrogen) atoms. The van der Waals surface area contributed by atoms with Crippen molar-refractivity contribution in [1.82, 2.24) is 15.5 Å². The highest BCUT2D eigenvalue weighted by molar-refractivity contribution is 5.95. The molecule has 0 aliphatic carbocycles. The maximum Gasteiger partial charge on any atom is 0.338 e. The smallest absolute Gasteiger partial charge is 0.338 e. The average molecular weight is 452 g/mol. The maximum atomic E-state index is 13.0. The van der Waals surface area contributed by atoms with E-state index < -0.39 is 12.0 Å². The molecule has 0 saturated carbocycles. The zero-order chi connectivity index (χ0) is 23.2. The molecule has 8 nitrogen and oxygen atoms in total. The van der Waals surface area contributed by atoms with Crippen molar-refractivity contribution in [2.75, 3.05) is 32.8 Å². The van der Waals surface area contributed by atoms with Crippen LogP contribution in [0.3, 0.4) is 0 Å². The molecule has 0 bridgehead atoms. The van der Waals surface area contributed by atoms with E-state index in [4.69, 9.17) is 14.2 Å². The largest absolute Gasteiger partial charge is 0.486 e. The molecule has 2 aliphatic heterocycles. The van der Waals surface area contributed by atoms with Gasteiger partial charge < -0.3 is 24.8 Å². The molecular formula is C25H29N3O5. The van der Waals surface area contributed by atoms with Crippen molar-refractivity contribution in [3.05, 3.63) is 71.4 Å². The summed E-state index contributed by atoms with van der Waals surface area (Å²) in [5.41, 5.74) is 1.76. The number of hydrogen-bond donors (Lipinski definition) is 2. The van der Waals surface area contributed by atoms with E-state index >= 15 is 0 Å². The summed E-state index contributed by atoms with van der Waals surface area (Å²) in [6.07, 6.45) is -0.172. The Hall–Kier alpha value is -3.52. The van der Waals surface area contributed by atoms with Crippen LogP contribution in [0.15, 0.2) is 65.9 Å². The first kappa shape index (κ1) is 22.7. The number of amides is 2. The van der Waals surface area contributed by atoms with Crippen molar-refractivity contribution >= 4 is 12.0 Å². The molecule has 0 fully saturated rings. The highest BCUT2D eigenvalue weighted by atomic mass is 16.6. The molecule has 2 aromatic carbocycles. The third kappa shape index (κ3) is 5.28. The van der Waals surface area contributed by atoms with E-state index in [1.165, 1.54) is 0 Å². The number of urea groups is 1. The summed E-state index contributed by atoms with van der Waals surface area (Å²) in [4.78, 5) is 27.6. The Morgan fingerprint density at radius 2 is 1.82 bits per heavy atom. The van der Waals surface area contributed by atoms with Crippen molar-refractivity contribution in [2.45, 2.75) is 26.0 Å². The number of hydrogen-bond acceptors (Lipinski definition) is 6. The van der Waals surface area contributed by atoms with E-state index in [0.717, 1.165) is 17.1 Å². The predicted molar refractivity (Wildman–Crippen MR) is 123 cm³/mol. The minimum absolute atomic E-state index is 0.172. The molecule has 2 aliphatic rings. The highest BCUT2D eigenvalue weighted by Gasteiger charge is 2.34. The summed E-state index contributed by atoms with van der Waals surface area (Å²) in [5.74, 6) is 1.01. The Kier molecular flexibility index (Phi) is 7.14. The molecule has 2 aromatic rings. The number of ether oxygens (including phenoxy) is 3. The molecule has 8 heteroatoms. The van der Waals surface area contributed by atoms with E-state index in [1.807, 2.05) is 61.5 Å². The first-order valence-corrected chi connectivity index (χ1v) is 11.2. The Bertz CT molecular complexity index is 1020. The van der Waals surface area contributed by atoms with Gasteiger partial charge in [-0.15, -0.1) is 0 Å². The standard InChI is InChI=1S/C25H29N3O5/c1-3-28(14-18-16-32-20-12-8-9-13-21(20)33-18)15-19-22(24(29)31-4-2)23(27-25(30)26-19)17-10-6-5-7-11-17/h5-13,18,23H,3-4,14-16H2,1-2H3,(H2,26,27,30)/t18-,23-/m1/s1. The number of rotatable bonds is 8. The summed E-state index contributed by atoms with van der Waals surface area (Å²) in [5, 5.41) is 5.70. The number of carbonyl (C=O) groups is 2. The first-order valence-electron chi connectivity index (χ1n) is 11.2. The van der Waals surface area contributed by atoms with Gasteiger partial charge in [0, 0.05) is 18.8 Å². The van der Waals surface area contributed by atoms with Crippen molar-refractivity contribution < 1.29 is 23.8 Å². The lowest BCUT2D eigenvalue weighted by atomic mass is 9.95. The van der Waals surface area contributed by atoms with Crippen LogP contribution in [-0.2, 0) is 9.53 Å². The molecule has 0 saturated heterocycles. The number of nitrogens with one attached hydrogen (secondary N) is 2. The lowest BCUT2D eigenvalue weighted by molar-refractivity contribution is -0.139. The molecule has 0 spiro atoms. The second kappa shape index (κ2) is 10.4. The molecule has 174 valence electrons. The number of fused-ring (bicyclic) bond motifs is 1. The van der Waals surface area contributed by atoms with Gasteiger partial charge in [-0.3, -0.25) is 4.90 Å². The van der Waals surface area contributed by atoms with Crippen molar-refractivity contribution in [2.24, 2.45) is 0 Å². The Morgan fingerprint density at radius 3 is 2.55 bits per heavy atom. The van der Waals surface area contributed by atoms with Gasteiger partial charge in [0.1, 0.15) is 12.7 Å². The molecule has 2 N–H and O–H groups in total. The van der Waals surface area contributed by atoms with Gasteiger partial charge >= 0.3 is 12.0 Å². The lowest BCUT2D eigenvalue weighted by Gasteiger charge is -2.34. The molecule has 2 amide bonds. The Labute approximate surface area is 193 Å². The van der Waals surface area contributed by atoms with E-state index in [-0.39, 0.29) is 18.7 Å². The summed E-state index contributed by atoms with van der Waals surface area (Å²) in [6, 6.07) is 16.1. The van der Waals surface area contributed by atoms with E-state index in [9.17, 15) is 9.59 Å². The number of benzene rings is 2. The topological polar surface area (TPSA) is 89.1 Å². The normalized spacial score (nSPS) is 19.7. The van der Waals surface area contributed by atoms with Gasteiger partial charge in [-0.25, -0.2) is 9.59 Å². The van der Waals surface area contributed by atoms with Gasteiger partial charge in [-0.1, -0.05) is 49.4 Å². The number of para-hydroxylation sites is 2. The van der Waals surface area contributed by atoms with E-state index in [1.54, 1.807) is 6.92 Å². The molecule has 4 rings (SSSR count). The number of nitrogens with zero attached hydrogens (tertiary/aromatic N) is 1. The van der Waals surface area contributed by atoms with Gasteiger partial charge in [0.05, 0.1) is 18.2 Å². The van der Waals surface area contributed by atoms with Gasteiger partial charge in [0.2, 0.25) is 0 Å². The van der Waals surface area contributed by atoms with Gasteiger partial charge in [0.25, 0.3) is 0 Å². The van der Waals surface area contributed by atoms with Crippen LogP contribution in [0.4, 0.5) is 4.79 Å². The molecule has 2 heterocycles. The molecule has 0 aromatic heterocycles. The van der Waals surface area contributed by atoms with Crippen LogP contribution in [0.2, 0.25) is 0 Å². The van der Waals surface area contributed by atoms with Crippen LogP contribution >= 0.6 is 0 Å². The van der Waals surface area contributed by atoms with E-state index in [2.05, 4.69) is 15.5 Å². The average Bonchev–Trinajstić information content (AvgIpc) is 2.83. The zero-order valence-electron chi connectivity index (χ0n) is 18.9. The Balaban J connectivity index is 1.57. The van der Waals surface area contributed by atoms with E-state index in [0.29, 0.717) is 37.5 Å². The van der Waals surface area contributed by atoms with Crippen molar-refractivity contribution in [3.63, 3.8) is 0 Å². The van der Waals surface area contributed by atoms with Crippen molar-refractivity contribution in [3.8, 4) is 11.5 Å². The third-order valence-electron chi connectivity index (χ3n) is 5.64. The van der Waals surface area contributed by atoms with Gasteiger partial charge in [-0.05, 0) is 31.2 Å². The zero-order valence-corrected chi connectivity index (χ0v) is 18.9. The summed E-state index contributed by atoms with van der Waals surface area (Å²) in [7, 11) is 0. The summed E-state index contributed by atoms with van der Waals surface area (Å²) >= 11 is 0. The quantitative estimate of drug-likeness (QED) is 0.600. The van der Waals surface area contributed by atoms with Crippen molar-refractivity contribution in [1.29, 1.82) is 0 Å². The fourth-order valence-electron chi connectivity index (χ4n) is 4.06. The number of carbonyl (C=O) groups excluding carboxylic acids is 2. The summed E-state index contributed by atoms with van der Waals surface area (Å²) < 4.78 is 17.3. The van der Waals surface area contributed by atoms with Gasteiger partial charge in [0.15, 0.2) is 11.5 Å². The summed E-state index contributed by atoms with van der Waals surface area (Å²) in [6.45, 7) is 6.10. The molecule has 0 unspecified atom stereocenters. The fourth-order valence-corrected chi connectivity index (χ4v) is 4.06. The Morgan fingerprint density at radius 1 is 1.09 bits per heavy atom. The highest BCUT2D eigenvalue weighted by Crippen LogP contribution is 2.31. The van der Waals surface area contributed by atoms with Crippen LogP contribution in [-0.4, -0.2) is 55.9 Å². The monoisotopic (exact) mass is 451 g/mol. The second-order valence-electron chi connectivity index (χ2n) is 7.88. The third-order valence-corrected chi connectivity index (χ3v) is 5.64. The lowest BCUT2D eigenvalue weighted by Crippen LogP contribution is -2.49. The SMILES string of the molecule is CCOC(=O)C1=C(CN(CC)C[C@@H]2COc3ccccc3O2)NC(=O)N[C@@H]1c1ccccc1. The maximum absolute atomic E-state index is 13.0. The van der Waals surface area contributed by atoms with Crippen LogP contribution in [0.1, 0.15) is 25.5 Å². The van der Waals surface area contributed by atoms with Crippen LogP contribution in [0.25, 0.3) is 0 Å². The number of likely N-dealkylation sites (N-methyl/N-ethyl adjacent to an activating group) is 1. The van der Waals surface area contributed by atoms with Gasteiger partial charge in [-0.2, -0.15) is 0 Å². The minimum Gasteiger partial charge on any atom is -0.486 e. The van der Waals surface area contributed by atoms with Crippen LogP contribution in [0, 0.1) is 0 Å². The van der Waals surface area contributed by atoms with Crippen LogP contribution < -0.4 is 20.1 Å². The van der Waals surface area contributed by atoms with Crippen LogP contribution in [0.5, 0.6) is 11.5 Å². The first-order chi connectivity index (χ1) is 16.1. The number of esters is 1. The molecule has 2 atom stereocenters. The molecular weight excluding hydrogens is 422 g/mol. The fraction of sp³-hybridized carbons (Fsp3) is 0.360. The predicted octanol–water partition coefficient (Wildman–Crippen LogP) is 3.02. The minimum atomic E-state index is -0.589. The molecule has 0 radical (unpaired) electrons. The second-order valence-corrected chi connectivity index (χ2v) is 7.88.